The largest absolute Gasteiger partial charge is 0.397 e. The average Bonchev–Trinajstić information content (AvgIpc) is 2.32. The molecule has 1 aromatic carbocycles. The number of nitrogen functional groups attached to an aromatic ring is 1. The molecule has 1 aliphatic rings. The Bertz CT molecular complexity index is 359. The zero-order valence-corrected chi connectivity index (χ0v) is 10.1. The Morgan fingerprint density at radius 1 is 1.31 bits per heavy atom. The maximum atomic E-state index is 6.02. The van der Waals surface area contributed by atoms with Gasteiger partial charge < -0.3 is 15.4 Å². The van der Waals surface area contributed by atoms with Crippen LogP contribution in [0, 0.1) is 6.92 Å². The van der Waals surface area contributed by atoms with Gasteiger partial charge in [0.15, 0.2) is 0 Å². The Morgan fingerprint density at radius 3 is 2.69 bits per heavy atom. The van der Waals surface area contributed by atoms with Crippen molar-refractivity contribution in [1.82, 2.24) is 0 Å². The molecule has 2 N–H and O–H groups in total. The van der Waals surface area contributed by atoms with Crippen LogP contribution in [0.15, 0.2) is 18.2 Å². The van der Waals surface area contributed by atoms with E-state index in [0.717, 1.165) is 37.4 Å². The third-order valence-corrected chi connectivity index (χ3v) is 3.30. The molecule has 0 radical (unpaired) electrons. The van der Waals surface area contributed by atoms with Crippen molar-refractivity contribution < 1.29 is 4.74 Å². The van der Waals surface area contributed by atoms with Crippen LogP contribution in [-0.2, 0) is 4.74 Å². The molecule has 0 atom stereocenters. The maximum absolute atomic E-state index is 6.02. The Balaban J connectivity index is 2.18. The number of ether oxygens (including phenoxy) is 1. The molecule has 0 bridgehead atoms. The maximum Gasteiger partial charge on any atom is 0.0602 e. The molecule has 0 aliphatic carbocycles. The van der Waals surface area contributed by atoms with Crippen molar-refractivity contribution in [3.8, 4) is 0 Å². The highest BCUT2D eigenvalue weighted by Crippen LogP contribution is 2.27. The zero-order valence-electron chi connectivity index (χ0n) is 10.1. The number of nitrogens with two attached hydrogens (primary N) is 1. The lowest BCUT2D eigenvalue weighted by Crippen LogP contribution is -2.37. The van der Waals surface area contributed by atoms with Crippen molar-refractivity contribution in [1.29, 1.82) is 0 Å². The van der Waals surface area contributed by atoms with Crippen LogP contribution in [0.2, 0.25) is 0 Å². The summed E-state index contributed by atoms with van der Waals surface area (Å²) >= 11 is 0. The molecule has 1 heterocycles. The van der Waals surface area contributed by atoms with Crippen molar-refractivity contribution in [2.75, 3.05) is 30.9 Å². The van der Waals surface area contributed by atoms with E-state index in [0.29, 0.717) is 6.04 Å². The van der Waals surface area contributed by atoms with Crippen molar-refractivity contribution in [3.63, 3.8) is 0 Å². The quantitative estimate of drug-likeness (QED) is 0.776. The average molecular weight is 220 g/mol. The number of hydrogen-bond acceptors (Lipinski definition) is 3. The molecular weight excluding hydrogens is 200 g/mol. The van der Waals surface area contributed by atoms with Crippen molar-refractivity contribution in [2.24, 2.45) is 0 Å². The molecule has 0 spiro atoms. The summed E-state index contributed by atoms with van der Waals surface area (Å²) < 4.78 is 5.38. The van der Waals surface area contributed by atoms with E-state index in [4.69, 9.17) is 10.5 Å². The van der Waals surface area contributed by atoms with Crippen LogP contribution in [0.4, 0.5) is 11.4 Å². The molecule has 1 fully saturated rings. The van der Waals surface area contributed by atoms with Crippen molar-refractivity contribution in [3.05, 3.63) is 23.8 Å². The normalized spacial score (nSPS) is 17.4. The monoisotopic (exact) mass is 220 g/mol. The summed E-state index contributed by atoms with van der Waals surface area (Å²) in [5.41, 5.74) is 9.28. The second kappa shape index (κ2) is 4.74. The minimum Gasteiger partial charge on any atom is -0.397 e. The zero-order chi connectivity index (χ0) is 11.5. The lowest BCUT2D eigenvalue weighted by atomic mass is 10.1. The number of nitrogens with zero attached hydrogens (tertiary/aromatic N) is 1. The van der Waals surface area contributed by atoms with Crippen molar-refractivity contribution >= 4 is 11.4 Å². The first-order chi connectivity index (χ1) is 7.68. The van der Waals surface area contributed by atoms with E-state index >= 15 is 0 Å². The van der Waals surface area contributed by atoms with E-state index < -0.39 is 0 Å². The Hall–Kier alpha value is -1.22. The molecule has 88 valence electrons. The molecular formula is C13H20N2O. The number of benzene rings is 1. The second-order valence-corrected chi connectivity index (χ2v) is 4.52. The highest BCUT2D eigenvalue weighted by atomic mass is 16.5. The van der Waals surface area contributed by atoms with Crippen LogP contribution in [0.5, 0.6) is 0 Å². The summed E-state index contributed by atoms with van der Waals surface area (Å²) in [6, 6.07) is 6.75. The van der Waals surface area contributed by atoms with Gasteiger partial charge >= 0.3 is 0 Å². The summed E-state index contributed by atoms with van der Waals surface area (Å²) in [5.74, 6) is 0. The van der Waals surface area contributed by atoms with Crippen LogP contribution in [-0.4, -0.2) is 26.3 Å². The SMILES string of the molecule is Cc1ccc(N)c(N(C)C2CCOCC2)c1. The van der Waals surface area contributed by atoms with Gasteiger partial charge in [0.25, 0.3) is 0 Å². The molecule has 0 unspecified atom stereocenters. The molecule has 3 heteroatoms. The molecule has 3 nitrogen and oxygen atoms in total. The lowest BCUT2D eigenvalue weighted by molar-refractivity contribution is 0.0855. The van der Waals surface area contributed by atoms with E-state index in [1.165, 1.54) is 5.56 Å². The number of rotatable bonds is 2. The first-order valence-electron chi connectivity index (χ1n) is 5.85. The summed E-state index contributed by atoms with van der Waals surface area (Å²) in [7, 11) is 2.13. The predicted molar refractivity (Wildman–Crippen MR) is 67.8 cm³/mol. The van der Waals surface area contributed by atoms with E-state index in [9.17, 15) is 0 Å². The highest BCUT2D eigenvalue weighted by molar-refractivity contribution is 5.68. The minimum atomic E-state index is 0.554. The minimum absolute atomic E-state index is 0.554. The van der Waals surface area contributed by atoms with E-state index in [-0.39, 0.29) is 0 Å². The molecule has 0 amide bonds. The third kappa shape index (κ3) is 2.30. The first kappa shape index (κ1) is 11.3. The van der Waals surface area contributed by atoms with Gasteiger partial charge in [0.2, 0.25) is 0 Å². The van der Waals surface area contributed by atoms with E-state index in [1.807, 2.05) is 6.07 Å². The standard InChI is InChI=1S/C13H20N2O/c1-10-3-4-12(14)13(9-10)15(2)11-5-7-16-8-6-11/h3-4,9,11H,5-8,14H2,1-2H3. The lowest BCUT2D eigenvalue weighted by Gasteiger charge is -2.33. The predicted octanol–water partition coefficient (Wildman–Crippen LogP) is 2.19. The smallest absolute Gasteiger partial charge is 0.0602 e. The molecule has 1 aromatic rings. The fraction of sp³-hybridized carbons (Fsp3) is 0.538. The van der Waals surface area contributed by atoms with E-state index in [2.05, 4.69) is 31.0 Å². The van der Waals surface area contributed by atoms with Gasteiger partial charge in [-0.3, -0.25) is 0 Å². The van der Waals surface area contributed by atoms with Gasteiger partial charge in [-0.15, -0.1) is 0 Å². The molecule has 1 saturated heterocycles. The van der Waals surface area contributed by atoms with Gasteiger partial charge in [-0.25, -0.2) is 0 Å². The summed E-state index contributed by atoms with van der Waals surface area (Å²) in [6.45, 7) is 3.82. The second-order valence-electron chi connectivity index (χ2n) is 4.52. The van der Waals surface area contributed by atoms with Crippen LogP contribution in [0.3, 0.4) is 0 Å². The topological polar surface area (TPSA) is 38.5 Å². The van der Waals surface area contributed by atoms with Gasteiger partial charge in [0.05, 0.1) is 11.4 Å². The van der Waals surface area contributed by atoms with Gasteiger partial charge in [-0.2, -0.15) is 0 Å². The van der Waals surface area contributed by atoms with Crippen molar-refractivity contribution in [2.45, 2.75) is 25.8 Å². The summed E-state index contributed by atoms with van der Waals surface area (Å²) in [6.07, 6.45) is 2.17. The molecule has 1 aliphatic heterocycles. The van der Waals surface area contributed by atoms with Gasteiger partial charge in [-0.05, 0) is 37.5 Å². The number of anilines is 2. The van der Waals surface area contributed by atoms with Gasteiger partial charge in [-0.1, -0.05) is 6.07 Å². The highest BCUT2D eigenvalue weighted by Gasteiger charge is 2.19. The van der Waals surface area contributed by atoms with Gasteiger partial charge in [0.1, 0.15) is 0 Å². The fourth-order valence-corrected chi connectivity index (χ4v) is 2.23. The van der Waals surface area contributed by atoms with Gasteiger partial charge in [0, 0.05) is 26.3 Å². The molecule has 2 rings (SSSR count). The molecule has 0 aromatic heterocycles. The molecule has 16 heavy (non-hydrogen) atoms. The Morgan fingerprint density at radius 2 is 2.00 bits per heavy atom. The Labute approximate surface area is 97.2 Å². The third-order valence-electron chi connectivity index (χ3n) is 3.30. The Kier molecular flexibility index (Phi) is 3.34. The summed E-state index contributed by atoms with van der Waals surface area (Å²) in [4.78, 5) is 2.30. The van der Waals surface area contributed by atoms with Crippen LogP contribution in [0.25, 0.3) is 0 Å². The first-order valence-corrected chi connectivity index (χ1v) is 5.85. The van der Waals surface area contributed by atoms with Crippen LogP contribution in [0.1, 0.15) is 18.4 Å². The number of aryl methyl sites for hydroxylation is 1. The summed E-state index contributed by atoms with van der Waals surface area (Å²) in [5, 5.41) is 0. The van der Waals surface area contributed by atoms with E-state index in [1.54, 1.807) is 0 Å². The van der Waals surface area contributed by atoms with Crippen LogP contribution < -0.4 is 10.6 Å². The fourth-order valence-electron chi connectivity index (χ4n) is 2.23. The number of hydrogen-bond donors (Lipinski definition) is 1. The molecule has 0 saturated carbocycles. The van der Waals surface area contributed by atoms with Crippen LogP contribution >= 0.6 is 0 Å².